The summed E-state index contributed by atoms with van der Waals surface area (Å²) in [5, 5.41) is 5.71. The first-order valence-corrected chi connectivity index (χ1v) is 9.18. The molecule has 7 heteroatoms. The van der Waals surface area contributed by atoms with Gasteiger partial charge in [0.15, 0.2) is 0 Å². The summed E-state index contributed by atoms with van der Waals surface area (Å²) in [5.74, 6) is 0.467. The average molecular weight is 375 g/mol. The van der Waals surface area contributed by atoms with Gasteiger partial charge in [0.2, 0.25) is 0 Å². The minimum Gasteiger partial charge on any atom is -0.342 e. The molecule has 1 aromatic heterocycles. The molecule has 142 valence electrons. The fraction of sp³-hybridized carbons (Fsp3) is 0.190. The number of amides is 3. The zero-order valence-electron chi connectivity index (χ0n) is 15.5. The lowest BCUT2D eigenvalue weighted by atomic mass is 10.1. The molecule has 7 nitrogen and oxygen atoms in total. The Bertz CT molecular complexity index is 999. The molecule has 3 N–H and O–H groups in total. The van der Waals surface area contributed by atoms with Crippen molar-refractivity contribution in [2.45, 2.75) is 13.0 Å². The Hall–Kier alpha value is -3.61. The fourth-order valence-corrected chi connectivity index (χ4v) is 3.20. The van der Waals surface area contributed by atoms with Gasteiger partial charge >= 0.3 is 6.03 Å². The second-order valence-corrected chi connectivity index (χ2v) is 6.68. The standard InChI is InChI=1S/C21H21N5O2/c1-14(19-23-13-18(25-19)15-6-3-2-4-7-15)24-20(27)16-8-5-9-17(12-16)26-11-10-22-21(26)28/h2-9,12-14H,10-11H2,1H3,(H,22,28)(H,23,25)(H,24,27)/t14-/m0/s1. The molecule has 3 amide bonds. The van der Waals surface area contributed by atoms with E-state index in [2.05, 4.69) is 20.6 Å². The maximum atomic E-state index is 12.7. The molecular weight excluding hydrogens is 354 g/mol. The molecule has 1 atom stereocenters. The van der Waals surface area contributed by atoms with Gasteiger partial charge in [-0.05, 0) is 30.7 Å². The number of imidazole rings is 1. The van der Waals surface area contributed by atoms with Crippen molar-refractivity contribution in [1.29, 1.82) is 0 Å². The molecule has 1 saturated heterocycles. The lowest BCUT2D eigenvalue weighted by Crippen LogP contribution is -2.29. The molecule has 1 fully saturated rings. The van der Waals surface area contributed by atoms with Crippen molar-refractivity contribution >= 4 is 17.6 Å². The Morgan fingerprint density at radius 2 is 2.00 bits per heavy atom. The van der Waals surface area contributed by atoms with Gasteiger partial charge in [-0.25, -0.2) is 9.78 Å². The molecule has 3 aromatic rings. The van der Waals surface area contributed by atoms with Crippen molar-refractivity contribution in [2.75, 3.05) is 18.0 Å². The third-order valence-corrected chi connectivity index (χ3v) is 4.71. The van der Waals surface area contributed by atoms with E-state index in [0.717, 1.165) is 11.3 Å². The second kappa shape index (κ2) is 7.56. The quantitative estimate of drug-likeness (QED) is 0.640. The lowest BCUT2D eigenvalue weighted by Gasteiger charge is -2.16. The van der Waals surface area contributed by atoms with Crippen molar-refractivity contribution in [2.24, 2.45) is 0 Å². The summed E-state index contributed by atoms with van der Waals surface area (Å²) >= 11 is 0. The summed E-state index contributed by atoms with van der Waals surface area (Å²) in [7, 11) is 0. The van der Waals surface area contributed by atoms with E-state index in [9.17, 15) is 9.59 Å². The first-order chi connectivity index (χ1) is 13.6. The van der Waals surface area contributed by atoms with Crippen LogP contribution in [0.2, 0.25) is 0 Å². The molecule has 0 radical (unpaired) electrons. The number of anilines is 1. The molecule has 28 heavy (non-hydrogen) atoms. The maximum absolute atomic E-state index is 12.7. The Kier molecular flexibility index (Phi) is 4.80. The molecule has 1 aliphatic heterocycles. The van der Waals surface area contributed by atoms with E-state index >= 15 is 0 Å². The zero-order valence-corrected chi connectivity index (χ0v) is 15.5. The molecule has 4 rings (SSSR count). The van der Waals surface area contributed by atoms with Gasteiger partial charge in [0.25, 0.3) is 5.91 Å². The van der Waals surface area contributed by atoms with Gasteiger partial charge in [-0.1, -0.05) is 36.4 Å². The van der Waals surface area contributed by atoms with Crippen LogP contribution in [0.4, 0.5) is 10.5 Å². The highest BCUT2D eigenvalue weighted by molar-refractivity contribution is 5.98. The van der Waals surface area contributed by atoms with E-state index in [1.807, 2.05) is 43.3 Å². The number of H-pyrrole nitrogens is 1. The molecule has 0 saturated carbocycles. The van der Waals surface area contributed by atoms with E-state index in [1.54, 1.807) is 29.3 Å². The number of carbonyl (C=O) groups excluding carboxylic acids is 2. The highest BCUT2D eigenvalue weighted by Gasteiger charge is 2.22. The Morgan fingerprint density at radius 3 is 2.75 bits per heavy atom. The van der Waals surface area contributed by atoms with Gasteiger partial charge in [-0.2, -0.15) is 0 Å². The number of carbonyl (C=O) groups is 2. The summed E-state index contributed by atoms with van der Waals surface area (Å²) < 4.78 is 0. The lowest BCUT2D eigenvalue weighted by molar-refractivity contribution is 0.0938. The van der Waals surface area contributed by atoms with Crippen LogP contribution in [0, 0.1) is 0 Å². The number of urea groups is 1. The highest BCUT2D eigenvalue weighted by atomic mass is 16.2. The molecule has 0 aliphatic carbocycles. The number of nitrogens with zero attached hydrogens (tertiary/aromatic N) is 2. The molecule has 0 unspecified atom stereocenters. The fourth-order valence-electron chi connectivity index (χ4n) is 3.20. The molecular formula is C21H21N5O2. The molecule has 1 aliphatic rings. The number of rotatable bonds is 5. The van der Waals surface area contributed by atoms with Crippen LogP contribution < -0.4 is 15.5 Å². The SMILES string of the molecule is C[C@H](NC(=O)c1cccc(N2CCNC2=O)c1)c1ncc(-c2ccccc2)[nH]1. The van der Waals surface area contributed by atoms with E-state index < -0.39 is 0 Å². The minimum atomic E-state index is -0.288. The van der Waals surface area contributed by atoms with Crippen molar-refractivity contribution in [3.05, 3.63) is 72.2 Å². The predicted octanol–water partition coefficient (Wildman–Crippen LogP) is 3.10. The Balaban J connectivity index is 1.46. The van der Waals surface area contributed by atoms with Crippen LogP contribution in [0.5, 0.6) is 0 Å². The molecule has 2 heterocycles. The zero-order chi connectivity index (χ0) is 19.5. The van der Waals surface area contributed by atoms with Crippen LogP contribution >= 0.6 is 0 Å². The number of nitrogens with one attached hydrogen (secondary N) is 3. The maximum Gasteiger partial charge on any atom is 0.321 e. The number of benzene rings is 2. The van der Waals surface area contributed by atoms with Crippen molar-refractivity contribution in [3.63, 3.8) is 0 Å². The van der Waals surface area contributed by atoms with Crippen molar-refractivity contribution in [3.8, 4) is 11.3 Å². The third-order valence-electron chi connectivity index (χ3n) is 4.71. The Morgan fingerprint density at radius 1 is 1.18 bits per heavy atom. The van der Waals surface area contributed by atoms with Crippen LogP contribution in [0.15, 0.2) is 60.8 Å². The first kappa shape index (κ1) is 17.8. The van der Waals surface area contributed by atoms with Crippen molar-refractivity contribution < 1.29 is 9.59 Å². The number of hydrogen-bond acceptors (Lipinski definition) is 3. The summed E-state index contributed by atoms with van der Waals surface area (Å²) in [6, 6.07) is 16.5. The normalized spacial score (nSPS) is 14.6. The predicted molar refractivity (Wildman–Crippen MR) is 107 cm³/mol. The van der Waals surface area contributed by atoms with Gasteiger partial charge in [0, 0.05) is 24.3 Å². The topological polar surface area (TPSA) is 90.1 Å². The van der Waals surface area contributed by atoms with E-state index in [-0.39, 0.29) is 18.0 Å². The van der Waals surface area contributed by atoms with Crippen LogP contribution in [0.3, 0.4) is 0 Å². The van der Waals surface area contributed by atoms with Crippen molar-refractivity contribution in [1.82, 2.24) is 20.6 Å². The third kappa shape index (κ3) is 3.59. The summed E-state index contributed by atoms with van der Waals surface area (Å²) in [6.07, 6.45) is 1.76. The second-order valence-electron chi connectivity index (χ2n) is 6.68. The number of aromatic nitrogens is 2. The van der Waals surface area contributed by atoms with Crippen LogP contribution in [0.1, 0.15) is 29.1 Å². The van der Waals surface area contributed by atoms with Crippen LogP contribution in [0.25, 0.3) is 11.3 Å². The average Bonchev–Trinajstić information content (AvgIpc) is 3.38. The van der Waals surface area contributed by atoms with Crippen LogP contribution in [-0.4, -0.2) is 35.0 Å². The first-order valence-electron chi connectivity index (χ1n) is 9.18. The monoisotopic (exact) mass is 375 g/mol. The van der Waals surface area contributed by atoms with Gasteiger partial charge < -0.3 is 15.6 Å². The summed E-state index contributed by atoms with van der Waals surface area (Å²) in [6.45, 7) is 3.08. The molecule has 0 spiro atoms. The van der Waals surface area contributed by atoms with Gasteiger partial charge in [-0.3, -0.25) is 9.69 Å². The number of hydrogen-bond donors (Lipinski definition) is 3. The van der Waals surface area contributed by atoms with Gasteiger partial charge in [0.1, 0.15) is 5.82 Å². The smallest absolute Gasteiger partial charge is 0.321 e. The van der Waals surface area contributed by atoms with Gasteiger partial charge in [0.05, 0.1) is 17.9 Å². The summed E-state index contributed by atoms with van der Waals surface area (Å²) in [4.78, 5) is 33.8. The van der Waals surface area contributed by atoms with Gasteiger partial charge in [-0.15, -0.1) is 0 Å². The van der Waals surface area contributed by atoms with E-state index in [1.165, 1.54) is 0 Å². The minimum absolute atomic E-state index is 0.144. The Labute approximate surface area is 162 Å². The molecule has 0 bridgehead atoms. The summed E-state index contributed by atoms with van der Waals surface area (Å²) in [5.41, 5.74) is 3.15. The molecule has 2 aromatic carbocycles. The largest absolute Gasteiger partial charge is 0.342 e. The van der Waals surface area contributed by atoms with Crippen LogP contribution in [-0.2, 0) is 0 Å². The van der Waals surface area contributed by atoms with E-state index in [4.69, 9.17) is 0 Å². The van der Waals surface area contributed by atoms with E-state index in [0.29, 0.717) is 30.2 Å². The highest BCUT2D eigenvalue weighted by Crippen LogP contribution is 2.21. The number of aromatic amines is 1.